The van der Waals surface area contributed by atoms with E-state index in [1.165, 1.54) is 7.11 Å². The zero-order valence-corrected chi connectivity index (χ0v) is 17.7. The van der Waals surface area contributed by atoms with Crippen molar-refractivity contribution in [1.82, 2.24) is 15.0 Å². The number of furan rings is 1. The highest BCUT2D eigenvalue weighted by Crippen LogP contribution is 2.27. The van der Waals surface area contributed by atoms with E-state index in [1.54, 1.807) is 19.1 Å². The molecule has 8 heteroatoms. The Balaban J connectivity index is 1.44. The summed E-state index contributed by atoms with van der Waals surface area (Å²) >= 11 is 0. The molecule has 3 aromatic rings. The summed E-state index contributed by atoms with van der Waals surface area (Å²) in [6.45, 7) is 5.10. The number of amides is 1. The quantitative estimate of drug-likeness (QED) is 0.581. The molecular formula is C23H25N3O5. The molecule has 1 aliphatic heterocycles. The van der Waals surface area contributed by atoms with Crippen LogP contribution < -0.4 is 0 Å². The fourth-order valence-corrected chi connectivity index (χ4v) is 3.80. The lowest BCUT2D eigenvalue weighted by Gasteiger charge is -2.21. The number of esters is 1. The first kappa shape index (κ1) is 20.9. The van der Waals surface area contributed by atoms with Gasteiger partial charge in [-0.1, -0.05) is 35.5 Å². The van der Waals surface area contributed by atoms with E-state index in [0.29, 0.717) is 49.0 Å². The first-order chi connectivity index (χ1) is 15.1. The third-order valence-corrected chi connectivity index (χ3v) is 5.43. The van der Waals surface area contributed by atoms with E-state index in [2.05, 4.69) is 14.8 Å². The van der Waals surface area contributed by atoms with Gasteiger partial charge in [0, 0.05) is 31.7 Å². The average Bonchev–Trinajstić information content (AvgIpc) is 3.34. The monoisotopic (exact) mass is 423 g/mol. The van der Waals surface area contributed by atoms with E-state index >= 15 is 0 Å². The van der Waals surface area contributed by atoms with Crippen molar-refractivity contribution in [3.8, 4) is 11.3 Å². The van der Waals surface area contributed by atoms with Crippen molar-refractivity contribution in [1.29, 1.82) is 0 Å². The Hall–Kier alpha value is -3.39. The van der Waals surface area contributed by atoms with E-state index in [-0.39, 0.29) is 11.7 Å². The molecule has 0 aliphatic carbocycles. The molecule has 0 unspecified atom stereocenters. The highest BCUT2D eigenvalue weighted by atomic mass is 16.5. The van der Waals surface area contributed by atoms with Gasteiger partial charge in [-0.2, -0.15) is 0 Å². The van der Waals surface area contributed by atoms with Crippen LogP contribution in [0.2, 0.25) is 0 Å². The lowest BCUT2D eigenvalue weighted by Crippen LogP contribution is -2.35. The Labute approximate surface area is 180 Å². The summed E-state index contributed by atoms with van der Waals surface area (Å²) in [5.74, 6) is 0.862. The standard InChI is InChI=1S/C23H25N3O5/c1-16-20(21(24-31-16)17-7-4-3-5-8-17)22(27)26-12-6-11-25(13-14-26)15-18-9-10-19(30-18)23(28)29-2/h3-5,7-10H,6,11-15H2,1-2H3. The molecule has 31 heavy (non-hydrogen) atoms. The van der Waals surface area contributed by atoms with Gasteiger partial charge in [-0.25, -0.2) is 4.79 Å². The third-order valence-electron chi connectivity index (χ3n) is 5.43. The van der Waals surface area contributed by atoms with Crippen molar-refractivity contribution in [3.63, 3.8) is 0 Å². The maximum Gasteiger partial charge on any atom is 0.373 e. The van der Waals surface area contributed by atoms with Crippen LogP contribution in [0.5, 0.6) is 0 Å². The zero-order valence-electron chi connectivity index (χ0n) is 17.7. The number of benzene rings is 1. The van der Waals surface area contributed by atoms with Gasteiger partial charge >= 0.3 is 5.97 Å². The van der Waals surface area contributed by atoms with E-state index in [0.717, 1.165) is 18.5 Å². The molecule has 1 aliphatic rings. The maximum atomic E-state index is 13.3. The third kappa shape index (κ3) is 4.54. The number of aromatic nitrogens is 1. The number of methoxy groups -OCH3 is 1. The van der Waals surface area contributed by atoms with E-state index in [1.807, 2.05) is 35.2 Å². The fourth-order valence-electron chi connectivity index (χ4n) is 3.80. The summed E-state index contributed by atoms with van der Waals surface area (Å²) in [4.78, 5) is 29.0. The lowest BCUT2D eigenvalue weighted by molar-refractivity contribution is 0.0560. The first-order valence-corrected chi connectivity index (χ1v) is 10.3. The van der Waals surface area contributed by atoms with Gasteiger partial charge in [-0.3, -0.25) is 9.69 Å². The molecule has 1 aromatic carbocycles. The number of nitrogens with zero attached hydrogens (tertiary/aromatic N) is 3. The molecule has 4 rings (SSSR count). The molecule has 2 aromatic heterocycles. The molecule has 0 spiro atoms. The second-order valence-electron chi connectivity index (χ2n) is 7.51. The average molecular weight is 423 g/mol. The van der Waals surface area contributed by atoms with Gasteiger partial charge in [-0.15, -0.1) is 0 Å². The Morgan fingerprint density at radius 1 is 1.06 bits per heavy atom. The minimum Gasteiger partial charge on any atom is -0.463 e. The van der Waals surface area contributed by atoms with Crippen molar-refractivity contribution in [3.05, 3.63) is 65.3 Å². The van der Waals surface area contributed by atoms with Crippen molar-refractivity contribution < 1.29 is 23.3 Å². The SMILES string of the molecule is COC(=O)c1ccc(CN2CCCN(C(=O)c3c(-c4ccccc4)noc3C)CC2)o1. The van der Waals surface area contributed by atoms with Crippen LogP contribution >= 0.6 is 0 Å². The van der Waals surface area contributed by atoms with Gasteiger partial charge in [0.05, 0.1) is 13.7 Å². The predicted molar refractivity (Wildman–Crippen MR) is 113 cm³/mol. The van der Waals surface area contributed by atoms with Crippen LogP contribution in [-0.4, -0.2) is 60.1 Å². The largest absolute Gasteiger partial charge is 0.463 e. The Bertz CT molecular complexity index is 1060. The van der Waals surface area contributed by atoms with E-state index in [9.17, 15) is 9.59 Å². The number of carbonyl (C=O) groups is 2. The Kier molecular flexibility index (Phi) is 6.18. The summed E-state index contributed by atoms with van der Waals surface area (Å²) in [7, 11) is 1.32. The van der Waals surface area contributed by atoms with Gasteiger partial charge in [0.2, 0.25) is 5.76 Å². The zero-order chi connectivity index (χ0) is 21.8. The van der Waals surface area contributed by atoms with Crippen LogP contribution in [0.25, 0.3) is 11.3 Å². The first-order valence-electron chi connectivity index (χ1n) is 10.3. The normalized spacial score (nSPS) is 15.0. The molecule has 1 fully saturated rings. The summed E-state index contributed by atoms with van der Waals surface area (Å²) in [5, 5.41) is 4.14. The van der Waals surface area contributed by atoms with Crippen LogP contribution in [0, 0.1) is 6.92 Å². The van der Waals surface area contributed by atoms with Gasteiger partial charge in [0.15, 0.2) is 0 Å². The van der Waals surface area contributed by atoms with Crippen molar-refractivity contribution >= 4 is 11.9 Å². The minimum atomic E-state index is -0.489. The Morgan fingerprint density at radius 3 is 2.65 bits per heavy atom. The number of aryl methyl sites for hydroxylation is 1. The van der Waals surface area contributed by atoms with E-state index in [4.69, 9.17) is 8.94 Å². The number of ether oxygens (including phenoxy) is 1. The number of hydrogen-bond acceptors (Lipinski definition) is 7. The van der Waals surface area contributed by atoms with Gasteiger partial charge < -0.3 is 18.6 Å². The molecule has 3 heterocycles. The summed E-state index contributed by atoms with van der Waals surface area (Å²) in [5.41, 5.74) is 1.96. The second-order valence-corrected chi connectivity index (χ2v) is 7.51. The van der Waals surface area contributed by atoms with Gasteiger partial charge in [-0.05, 0) is 25.5 Å². The van der Waals surface area contributed by atoms with Gasteiger partial charge in [0.1, 0.15) is 22.8 Å². The predicted octanol–water partition coefficient (Wildman–Crippen LogP) is 3.38. The van der Waals surface area contributed by atoms with Crippen LogP contribution in [-0.2, 0) is 11.3 Å². The highest BCUT2D eigenvalue weighted by molar-refractivity contribution is 6.00. The maximum absolute atomic E-state index is 13.3. The van der Waals surface area contributed by atoms with Crippen LogP contribution in [0.3, 0.4) is 0 Å². The summed E-state index contributed by atoms with van der Waals surface area (Å²) < 4.78 is 15.6. The molecule has 1 amide bonds. The Morgan fingerprint density at radius 2 is 1.87 bits per heavy atom. The minimum absolute atomic E-state index is 0.0644. The molecule has 0 N–H and O–H groups in total. The molecule has 0 radical (unpaired) electrons. The van der Waals surface area contributed by atoms with Crippen LogP contribution in [0.1, 0.15) is 38.9 Å². The fraction of sp³-hybridized carbons (Fsp3) is 0.348. The molecule has 8 nitrogen and oxygen atoms in total. The molecule has 0 bridgehead atoms. The highest BCUT2D eigenvalue weighted by Gasteiger charge is 2.28. The van der Waals surface area contributed by atoms with E-state index < -0.39 is 5.97 Å². The number of carbonyl (C=O) groups excluding carboxylic acids is 2. The molecule has 162 valence electrons. The summed E-state index contributed by atoms with van der Waals surface area (Å²) in [6, 6.07) is 13.0. The van der Waals surface area contributed by atoms with Crippen molar-refractivity contribution in [2.24, 2.45) is 0 Å². The molecular weight excluding hydrogens is 398 g/mol. The topological polar surface area (TPSA) is 89.0 Å². The molecule has 0 saturated carbocycles. The second kappa shape index (κ2) is 9.18. The lowest BCUT2D eigenvalue weighted by atomic mass is 10.1. The number of rotatable bonds is 5. The van der Waals surface area contributed by atoms with Crippen LogP contribution in [0.15, 0.2) is 51.4 Å². The van der Waals surface area contributed by atoms with Crippen LogP contribution in [0.4, 0.5) is 0 Å². The van der Waals surface area contributed by atoms with Crippen molar-refractivity contribution in [2.75, 3.05) is 33.3 Å². The summed E-state index contributed by atoms with van der Waals surface area (Å²) in [6.07, 6.45) is 0.835. The van der Waals surface area contributed by atoms with Crippen molar-refractivity contribution in [2.45, 2.75) is 19.9 Å². The number of hydrogen-bond donors (Lipinski definition) is 0. The van der Waals surface area contributed by atoms with Gasteiger partial charge in [0.25, 0.3) is 5.91 Å². The molecule has 1 saturated heterocycles. The molecule has 0 atom stereocenters. The smallest absolute Gasteiger partial charge is 0.373 e.